The van der Waals surface area contributed by atoms with E-state index in [-0.39, 0.29) is 16.3 Å². The van der Waals surface area contributed by atoms with Crippen LogP contribution >= 0.6 is 15.9 Å². The number of hydrogen-bond acceptors (Lipinski definition) is 5. The van der Waals surface area contributed by atoms with Crippen LogP contribution in [0.2, 0.25) is 0 Å². The summed E-state index contributed by atoms with van der Waals surface area (Å²) in [6.45, 7) is 0.814. The highest BCUT2D eigenvalue weighted by molar-refractivity contribution is 9.10. The van der Waals surface area contributed by atoms with Gasteiger partial charge >= 0.3 is 5.97 Å². The fraction of sp³-hybridized carbons (Fsp3) is 0.455. The summed E-state index contributed by atoms with van der Waals surface area (Å²) in [7, 11) is -2.96. The van der Waals surface area contributed by atoms with Crippen molar-refractivity contribution in [1.82, 2.24) is 4.98 Å². The maximum Gasteiger partial charge on any atom is 0.339 e. The van der Waals surface area contributed by atoms with E-state index < -0.39 is 30.8 Å². The van der Waals surface area contributed by atoms with Gasteiger partial charge in [0, 0.05) is 19.3 Å². The lowest BCUT2D eigenvalue weighted by Gasteiger charge is -2.18. The average molecular weight is 306 g/mol. The van der Waals surface area contributed by atoms with Crippen LogP contribution in [0.5, 0.6) is 0 Å². The number of anilines is 1. The zero-order valence-corrected chi connectivity index (χ0v) is 10.3. The molecule has 1 aromatic heterocycles. The molecule has 0 spiro atoms. The number of aliphatic hydroxyl groups is 1. The molecule has 0 aromatic carbocycles. The third-order valence-electron chi connectivity index (χ3n) is 2.46. The summed E-state index contributed by atoms with van der Waals surface area (Å²) in [5.74, 6) is -1.03. The Balaban J connectivity index is 2.39. The van der Waals surface area contributed by atoms with E-state index in [0.29, 0.717) is 19.5 Å². The molecule has 1 fully saturated rings. The standard InChI is InChI=1S/C11H13BrN2O3/c1-17-11(16)7-4-9(12)10(13-5-7)14-3-2-8(15)6-14/h4-5,8,15H,2-3,6H2,1H3/i1D3,4D,5D. The fourth-order valence-corrected chi connectivity index (χ4v) is 2.18. The fourth-order valence-electron chi connectivity index (χ4n) is 1.64. The van der Waals surface area contributed by atoms with Crippen LogP contribution in [0.15, 0.2) is 16.7 Å². The third kappa shape index (κ3) is 2.58. The molecule has 0 amide bonds. The number of rotatable bonds is 2. The van der Waals surface area contributed by atoms with Crippen LogP contribution in [0.3, 0.4) is 0 Å². The highest BCUT2D eigenvalue weighted by Gasteiger charge is 2.23. The average Bonchev–Trinajstić information content (AvgIpc) is 2.78. The van der Waals surface area contributed by atoms with E-state index >= 15 is 0 Å². The van der Waals surface area contributed by atoms with Crippen LogP contribution < -0.4 is 4.90 Å². The molecular formula is C11H13BrN2O3. The van der Waals surface area contributed by atoms with Gasteiger partial charge in [0.1, 0.15) is 5.82 Å². The lowest BCUT2D eigenvalue weighted by atomic mass is 10.3. The van der Waals surface area contributed by atoms with Crippen molar-refractivity contribution in [2.24, 2.45) is 0 Å². The summed E-state index contributed by atoms with van der Waals surface area (Å²) in [5, 5.41) is 9.55. The SMILES string of the molecule is [2H]c1nc(N2CCC(O)C2)c(Br)c([2H])c1C(=O)OC([2H])([2H])[2H]. The second-order valence-corrected chi connectivity index (χ2v) is 4.43. The van der Waals surface area contributed by atoms with E-state index in [0.717, 1.165) is 0 Å². The van der Waals surface area contributed by atoms with Gasteiger partial charge in [-0.2, -0.15) is 0 Å². The predicted molar refractivity (Wildman–Crippen MR) is 66.1 cm³/mol. The number of halogens is 1. The van der Waals surface area contributed by atoms with Crippen molar-refractivity contribution in [3.63, 3.8) is 0 Å². The Morgan fingerprint density at radius 2 is 2.71 bits per heavy atom. The summed E-state index contributed by atoms with van der Waals surface area (Å²) in [4.78, 5) is 17.4. The monoisotopic (exact) mass is 305 g/mol. The third-order valence-corrected chi connectivity index (χ3v) is 3.02. The molecule has 1 unspecified atom stereocenters. The minimum atomic E-state index is -2.96. The first-order chi connectivity index (χ1) is 10.1. The number of carbonyl (C=O) groups is 1. The largest absolute Gasteiger partial charge is 0.465 e. The highest BCUT2D eigenvalue weighted by atomic mass is 79.9. The predicted octanol–water partition coefficient (Wildman–Crippen LogP) is 1.20. The van der Waals surface area contributed by atoms with Gasteiger partial charge in [0.15, 0.2) is 0 Å². The van der Waals surface area contributed by atoms with Crippen LogP contribution in [0, 0.1) is 0 Å². The Labute approximate surface area is 115 Å². The van der Waals surface area contributed by atoms with E-state index in [1.807, 2.05) is 0 Å². The van der Waals surface area contributed by atoms with Crippen molar-refractivity contribution in [3.05, 3.63) is 22.3 Å². The Bertz CT molecular complexity index is 610. The quantitative estimate of drug-likeness (QED) is 0.832. The second kappa shape index (κ2) is 5.01. The number of aromatic nitrogens is 1. The van der Waals surface area contributed by atoms with Crippen LogP contribution in [-0.4, -0.2) is 42.3 Å². The number of aliphatic hydroxyl groups excluding tert-OH is 1. The number of esters is 1. The lowest BCUT2D eigenvalue weighted by Crippen LogP contribution is -2.22. The lowest BCUT2D eigenvalue weighted by molar-refractivity contribution is 0.0600. The Hall–Kier alpha value is -1.14. The Kier molecular flexibility index (Phi) is 2.16. The van der Waals surface area contributed by atoms with Gasteiger partial charge in [-0.15, -0.1) is 0 Å². The molecule has 1 aliphatic rings. The van der Waals surface area contributed by atoms with Gasteiger partial charge in [-0.05, 0) is 28.4 Å². The Morgan fingerprint density at radius 3 is 3.35 bits per heavy atom. The van der Waals surface area contributed by atoms with Crippen molar-refractivity contribution >= 4 is 27.7 Å². The minimum absolute atomic E-state index is 0.148. The molecular weight excluding hydrogens is 288 g/mol. The number of nitrogens with zero attached hydrogens (tertiary/aromatic N) is 2. The van der Waals surface area contributed by atoms with Crippen molar-refractivity contribution in [2.45, 2.75) is 12.5 Å². The van der Waals surface area contributed by atoms with Gasteiger partial charge in [-0.3, -0.25) is 0 Å². The van der Waals surface area contributed by atoms with Crippen LogP contribution in [-0.2, 0) is 4.74 Å². The number of hydrogen-bond donors (Lipinski definition) is 1. The summed E-state index contributed by atoms with van der Waals surface area (Å²) in [5.41, 5.74) is -0.522. The number of β-amino-alcohol motifs (C(OH)–C–C–N with tert-alkyl or cyclic N) is 1. The van der Waals surface area contributed by atoms with Gasteiger partial charge in [-0.25, -0.2) is 9.78 Å². The number of ether oxygens (including phenoxy) is 1. The molecule has 1 aliphatic heterocycles. The van der Waals surface area contributed by atoms with Crippen molar-refractivity contribution in [2.75, 3.05) is 25.0 Å². The number of pyridine rings is 1. The van der Waals surface area contributed by atoms with Crippen LogP contribution in [0.25, 0.3) is 0 Å². The molecule has 0 bridgehead atoms. The van der Waals surface area contributed by atoms with Crippen molar-refractivity contribution < 1.29 is 21.5 Å². The molecule has 1 atom stereocenters. The molecule has 0 radical (unpaired) electrons. The van der Waals surface area contributed by atoms with E-state index in [1.165, 1.54) is 0 Å². The molecule has 2 rings (SSSR count). The molecule has 1 saturated heterocycles. The molecule has 0 saturated carbocycles. The van der Waals surface area contributed by atoms with Gasteiger partial charge in [0.2, 0.25) is 0 Å². The molecule has 1 aromatic rings. The minimum Gasteiger partial charge on any atom is -0.465 e. The smallest absolute Gasteiger partial charge is 0.339 e. The molecule has 92 valence electrons. The number of methoxy groups -OCH3 is 1. The normalized spacial score (nSPS) is 24.5. The van der Waals surface area contributed by atoms with Gasteiger partial charge in [0.05, 0.1) is 30.0 Å². The number of carbonyl (C=O) groups excluding carboxylic acids is 1. The maximum atomic E-state index is 11.8. The molecule has 2 heterocycles. The molecule has 5 nitrogen and oxygen atoms in total. The van der Waals surface area contributed by atoms with Crippen molar-refractivity contribution in [1.29, 1.82) is 0 Å². The first-order valence-electron chi connectivity index (χ1n) is 7.43. The van der Waals surface area contributed by atoms with E-state index in [2.05, 4.69) is 25.7 Å². The topological polar surface area (TPSA) is 62.7 Å². The second-order valence-electron chi connectivity index (χ2n) is 3.64. The van der Waals surface area contributed by atoms with E-state index in [9.17, 15) is 9.90 Å². The zero-order valence-electron chi connectivity index (χ0n) is 13.7. The maximum absolute atomic E-state index is 11.8. The summed E-state index contributed by atoms with van der Waals surface area (Å²) in [6.07, 6.45) is -0.520. The first kappa shape index (κ1) is 7.33. The van der Waals surface area contributed by atoms with E-state index in [1.54, 1.807) is 4.90 Å². The zero-order chi connectivity index (χ0) is 16.7. The molecule has 0 aliphatic carbocycles. The van der Waals surface area contributed by atoms with Gasteiger partial charge in [0.25, 0.3) is 0 Å². The van der Waals surface area contributed by atoms with Crippen LogP contribution in [0.1, 0.15) is 23.6 Å². The van der Waals surface area contributed by atoms with Gasteiger partial charge in [-0.1, -0.05) is 0 Å². The molecule has 1 N–H and O–H groups in total. The van der Waals surface area contributed by atoms with Crippen LogP contribution in [0.4, 0.5) is 5.82 Å². The molecule has 6 heteroatoms. The van der Waals surface area contributed by atoms with E-state index in [4.69, 9.17) is 6.85 Å². The summed E-state index contributed by atoms with van der Waals surface area (Å²) in [6, 6.07) is -0.370. The first-order valence-corrected chi connectivity index (χ1v) is 5.72. The Morgan fingerprint density at radius 1 is 1.88 bits per heavy atom. The van der Waals surface area contributed by atoms with Crippen molar-refractivity contribution in [3.8, 4) is 0 Å². The summed E-state index contributed by atoms with van der Waals surface area (Å²) >= 11 is 3.14. The molecule has 17 heavy (non-hydrogen) atoms. The summed E-state index contributed by atoms with van der Waals surface area (Å²) < 4.78 is 40.8. The highest BCUT2D eigenvalue weighted by Crippen LogP contribution is 2.27. The van der Waals surface area contributed by atoms with Gasteiger partial charge < -0.3 is 14.7 Å².